The van der Waals surface area contributed by atoms with E-state index in [4.69, 9.17) is 9.84 Å². The van der Waals surface area contributed by atoms with Gasteiger partial charge in [0, 0.05) is 31.4 Å². The van der Waals surface area contributed by atoms with E-state index in [-0.39, 0.29) is 17.6 Å². The van der Waals surface area contributed by atoms with Crippen LogP contribution in [0.3, 0.4) is 0 Å². The number of aromatic carboxylic acids is 1. The Kier molecular flexibility index (Phi) is 6.11. The average Bonchev–Trinajstić information content (AvgIpc) is 2.61. The lowest BCUT2D eigenvalue weighted by Crippen LogP contribution is -2.26. The summed E-state index contributed by atoms with van der Waals surface area (Å²) >= 11 is 0. The summed E-state index contributed by atoms with van der Waals surface area (Å²) in [7, 11) is 1.70. The Balaban J connectivity index is 2.06. The predicted molar refractivity (Wildman–Crippen MR) is 93.8 cm³/mol. The quantitative estimate of drug-likeness (QED) is 0.835. The summed E-state index contributed by atoms with van der Waals surface area (Å²) < 4.78 is 5.65. The Morgan fingerprint density at radius 3 is 2.48 bits per heavy atom. The van der Waals surface area contributed by atoms with E-state index in [1.54, 1.807) is 42.4 Å². The van der Waals surface area contributed by atoms with Gasteiger partial charge in [0.25, 0.3) is 5.91 Å². The van der Waals surface area contributed by atoms with Gasteiger partial charge >= 0.3 is 5.97 Å². The van der Waals surface area contributed by atoms with Crippen molar-refractivity contribution in [2.24, 2.45) is 0 Å². The van der Waals surface area contributed by atoms with Gasteiger partial charge in [-0.15, -0.1) is 0 Å². The third-order valence-electron chi connectivity index (χ3n) is 3.85. The van der Waals surface area contributed by atoms with Crippen LogP contribution in [-0.2, 0) is 6.54 Å². The van der Waals surface area contributed by atoms with Crippen molar-refractivity contribution in [3.05, 3.63) is 59.3 Å². The number of carboxylic acids is 1. The van der Waals surface area contributed by atoms with Gasteiger partial charge in [-0.1, -0.05) is 19.1 Å². The van der Waals surface area contributed by atoms with Gasteiger partial charge in [-0.2, -0.15) is 0 Å². The van der Waals surface area contributed by atoms with E-state index in [0.717, 1.165) is 12.0 Å². The number of hydrogen-bond donors (Lipinski definition) is 1. The Bertz CT molecular complexity index is 743. The van der Waals surface area contributed by atoms with Crippen LogP contribution >= 0.6 is 0 Å². The zero-order valence-corrected chi connectivity index (χ0v) is 14.6. The zero-order chi connectivity index (χ0) is 18.4. The average molecular weight is 342 g/mol. The maximum atomic E-state index is 12.6. The molecule has 1 aromatic carbocycles. The number of carbonyl (C=O) groups is 2. The number of ether oxygens (including phenoxy) is 1. The Morgan fingerprint density at radius 1 is 1.20 bits per heavy atom. The van der Waals surface area contributed by atoms with E-state index in [2.05, 4.69) is 4.98 Å². The van der Waals surface area contributed by atoms with Crippen LogP contribution in [0.4, 0.5) is 0 Å². The van der Waals surface area contributed by atoms with Crippen LogP contribution in [-0.4, -0.2) is 40.0 Å². The largest absolute Gasteiger partial charge is 0.478 e. The van der Waals surface area contributed by atoms with E-state index >= 15 is 0 Å². The molecule has 1 atom stereocenters. The zero-order valence-electron chi connectivity index (χ0n) is 14.6. The number of aromatic nitrogens is 1. The van der Waals surface area contributed by atoms with Crippen molar-refractivity contribution in [2.45, 2.75) is 32.9 Å². The molecule has 2 rings (SSSR count). The highest BCUT2D eigenvalue weighted by Gasteiger charge is 2.14. The van der Waals surface area contributed by atoms with E-state index in [1.165, 1.54) is 12.1 Å². The van der Waals surface area contributed by atoms with Crippen molar-refractivity contribution in [3.63, 3.8) is 0 Å². The Morgan fingerprint density at radius 2 is 1.88 bits per heavy atom. The lowest BCUT2D eigenvalue weighted by atomic mass is 10.1. The summed E-state index contributed by atoms with van der Waals surface area (Å²) in [6.07, 6.45) is 2.44. The smallest absolute Gasteiger partial charge is 0.335 e. The SMILES string of the molecule is CCC(C)Oc1cc(C(=O)N(C)Cc2ccc(C(=O)O)cc2)ccn1. The second-order valence-corrected chi connectivity index (χ2v) is 5.88. The summed E-state index contributed by atoms with van der Waals surface area (Å²) in [6.45, 7) is 4.34. The molecule has 6 heteroatoms. The normalized spacial score (nSPS) is 11.6. The maximum absolute atomic E-state index is 12.6. The van der Waals surface area contributed by atoms with Crippen molar-refractivity contribution in [1.82, 2.24) is 9.88 Å². The molecule has 0 radical (unpaired) electrons. The molecule has 0 fully saturated rings. The highest BCUT2D eigenvalue weighted by molar-refractivity contribution is 5.94. The fourth-order valence-electron chi connectivity index (χ4n) is 2.22. The molecular formula is C19H22N2O4. The lowest BCUT2D eigenvalue weighted by molar-refractivity contribution is 0.0695. The molecule has 0 bridgehead atoms. The van der Waals surface area contributed by atoms with Crippen molar-refractivity contribution < 1.29 is 19.4 Å². The lowest BCUT2D eigenvalue weighted by Gasteiger charge is -2.18. The molecule has 1 aromatic heterocycles. The Hall–Kier alpha value is -2.89. The predicted octanol–water partition coefficient (Wildman–Crippen LogP) is 3.23. The molecule has 0 saturated heterocycles. The molecule has 1 amide bonds. The summed E-state index contributed by atoms with van der Waals surface area (Å²) in [6, 6.07) is 9.75. The molecule has 0 aliphatic heterocycles. The van der Waals surface area contributed by atoms with E-state index in [1.807, 2.05) is 13.8 Å². The minimum absolute atomic E-state index is 0.0309. The standard InChI is InChI=1S/C19H22N2O4/c1-4-13(2)25-17-11-16(9-10-20-17)18(22)21(3)12-14-5-7-15(8-6-14)19(23)24/h5-11,13H,4,12H2,1-3H3,(H,23,24). The van der Waals surface area contributed by atoms with Gasteiger partial charge in [0.15, 0.2) is 0 Å². The number of carboxylic acid groups (broad SMARTS) is 1. The van der Waals surface area contributed by atoms with Crippen LogP contribution in [0.2, 0.25) is 0 Å². The van der Waals surface area contributed by atoms with Crippen LogP contribution in [0.5, 0.6) is 5.88 Å². The molecule has 132 valence electrons. The van der Waals surface area contributed by atoms with E-state index in [0.29, 0.717) is 18.0 Å². The summed E-state index contributed by atoms with van der Waals surface area (Å²) in [5.41, 5.74) is 1.57. The van der Waals surface area contributed by atoms with Crippen molar-refractivity contribution >= 4 is 11.9 Å². The summed E-state index contributed by atoms with van der Waals surface area (Å²) in [5, 5.41) is 8.92. The number of pyridine rings is 1. The third kappa shape index (κ3) is 5.04. The fraction of sp³-hybridized carbons (Fsp3) is 0.316. The van der Waals surface area contributed by atoms with E-state index in [9.17, 15) is 9.59 Å². The fourth-order valence-corrected chi connectivity index (χ4v) is 2.22. The second kappa shape index (κ2) is 8.28. The minimum Gasteiger partial charge on any atom is -0.478 e. The van der Waals surface area contributed by atoms with Gasteiger partial charge in [-0.25, -0.2) is 9.78 Å². The third-order valence-corrected chi connectivity index (χ3v) is 3.85. The van der Waals surface area contributed by atoms with Gasteiger partial charge in [-0.3, -0.25) is 4.79 Å². The van der Waals surface area contributed by atoms with Crippen LogP contribution in [0.1, 0.15) is 46.5 Å². The van der Waals surface area contributed by atoms with Crippen molar-refractivity contribution in [1.29, 1.82) is 0 Å². The van der Waals surface area contributed by atoms with Crippen LogP contribution < -0.4 is 4.74 Å². The molecule has 25 heavy (non-hydrogen) atoms. The topological polar surface area (TPSA) is 79.7 Å². The van der Waals surface area contributed by atoms with Crippen LogP contribution in [0, 0.1) is 0 Å². The first-order valence-corrected chi connectivity index (χ1v) is 8.11. The van der Waals surface area contributed by atoms with Gasteiger partial charge in [0.2, 0.25) is 5.88 Å². The molecule has 1 N–H and O–H groups in total. The van der Waals surface area contributed by atoms with Gasteiger partial charge < -0.3 is 14.7 Å². The first kappa shape index (κ1) is 18.4. The van der Waals surface area contributed by atoms with Crippen LogP contribution in [0.15, 0.2) is 42.6 Å². The first-order valence-electron chi connectivity index (χ1n) is 8.11. The summed E-state index contributed by atoms with van der Waals surface area (Å²) in [4.78, 5) is 29.2. The monoisotopic (exact) mass is 342 g/mol. The maximum Gasteiger partial charge on any atom is 0.335 e. The summed E-state index contributed by atoms with van der Waals surface area (Å²) in [5.74, 6) is -0.695. The van der Waals surface area contributed by atoms with Gasteiger partial charge in [-0.05, 0) is 37.1 Å². The number of carbonyl (C=O) groups excluding carboxylic acids is 1. The Labute approximate surface area is 147 Å². The first-order chi connectivity index (χ1) is 11.9. The molecule has 0 spiro atoms. The number of amides is 1. The molecule has 0 saturated carbocycles. The highest BCUT2D eigenvalue weighted by Crippen LogP contribution is 2.15. The van der Waals surface area contributed by atoms with Gasteiger partial charge in [0.1, 0.15) is 0 Å². The van der Waals surface area contributed by atoms with Crippen LogP contribution in [0.25, 0.3) is 0 Å². The highest BCUT2D eigenvalue weighted by atomic mass is 16.5. The molecule has 2 aromatic rings. The molecule has 0 aliphatic rings. The molecule has 0 aliphatic carbocycles. The number of hydrogen-bond acceptors (Lipinski definition) is 4. The van der Waals surface area contributed by atoms with Gasteiger partial charge in [0.05, 0.1) is 11.7 Å². The number of benzene rings is 1. The second-order valence-electron chi connectivity index (χ2n) is 5.88. The van der Waals surface area contributed by atoms with E-state index < -0.39 is 5.97 Å². The number of rotatable bonds is 7. The molecule has 1 heterocycles. The van der Waals surface area contributed by atoms with Crippen molar-refractivity contribution in [3.8, 4) is 5.88 Å². The van der Waals surface area contributed by atoms with Crippen molar-refractivity contribution in [2.75, 3.05) is 7.05 Å². The minimum atomic E-state index is -0.971. The molecule has 1 unspecified atom stereocenters. The molecular weight excluding hydrogens is 320 g/mol. The number of nitrogens with zero attached hydrogens (tertiary/aromatic N) is 2. The molecule has 6 nitrogen and oxygen atoms in total.